The van der Waals surface area contributed by atoms with Gasteiger partial charge in [-0.25, -0.2) is 0 Å². The van der Waals surface area contributed by atoms with E-state index in [-0.39, 0.29) is 18.9 Å². The fourth-order valence-corrected chi connectivity index (χ4v) is 8.09. The van der Waals surface area contributed by atoms with Crippen molar-refractivity contribution >= 4 is 56.9 Å². The van der Waals surface area contributed by atoms with Crippen LogP contribution in [-0.2, 0) is 28.7 Å². The van der Waals surface area contributed by atoms with Gasteiger partial charge in [-0.15, -0.1) is 0 Å². The second kappa shape index (κ2) is 12.9. The molecule has 2 aromatic carbocycles. The molecule has 5 bridgehead atoms. The molecule has 3 amide bonds. The Morgan fingerprint density at radius 3 is 2.48 bits per heavy atom. The highest BCUT2D eigenvalue weighted by Crippen LogP contribution is 2.59. The molecular weight excluding hydrogens is 678 g/mol. The Balaban J connectivity index is 1.49. The number of fused-ring (bicyclic) bond motifs is 2. The number of halogens is 2. The van der Waals surface area contributed by atoms with Crippen molar-refractivity contribution in [2.45, 2.75) is 62.6 Å². The maximum Gasteiger partial charge on any atom is 0.313 e. The molecule has 4 heterocycles. The number of aliphatic hydroxyl groups is 1. The molecule has 12 heteroatoms. The van der Waals surface area contributed by atoms with Crippen LogP contribution in [0.5, 0.6) is 0 Å². The van der Waals surface area contributed by atoms with Gasteiger partial charge in [0, 0.05) is 17.4 Å². The number of allylic oxidation sites excluding steroid dienone is 1. The lowest BCUT2D eigenvalue weighted by Crippen LogP contribution is -2.58. The summed E-state index contributed by atoms with van der Waals surface area (Å²) in [5.74, 6) is -4.10. The number of esters is 1. The summed E-state index contributed by atoms with van der Waals surface area (Å²) in [6.45, 7) is 3.09. The average molecular weight is 713 g/mol. The zero-order chi connectivity index (χ0) is 32.7. The topological polar surface area (TPSA) is 125 Å². The molecule has 8 atom stereocenters. The van der Waals surface area contributed by atoms with E-state index < -0.39 is 72.2 Å². The lowest BCUT2D eigenvalue weighted by atomic mass is 9.74. The Kier molecular flexibility index (Phi) is 9.13. The third-order valence-corrected chi connectivity index (χ3v) is 10.2. The molecule has 0 saturated carbocycles. The highest BCUT2D eigenvalue weighted by molar-refractivity contribution is 9.11. The van der Waals surface area contributed by atoms with Gasteiger partial charge in [0.15, 0.2) is 0 Å². The van der Waals surface area contributed by atoms with Crippen LogP contribution < -0.4 is 10.2 Å². The van der Waals surface area contributed by atoms with Crippen LogP contribution in [0.3, 0.4) is 0 Å². The van der Waals surface area contributed by atoms with Gasteiger partial charge >= 0.3 is 5.97 Å². The fourth-order valence-electron chi connectivity index (χ4n) is 7.11. The van der Waals surface area contributed by atoms with E-state index >= 15 is 0 Å². The van der Waals surface area contributed by atoms with Crippen LogP contribution in [0.4, 0.5) is 5.69 Å². The Hall–Kier alpha value is -3.51. The first-order valence-corrected chi connectivity index (χ1v) is 16.5. The second-order valence-corrected chi connectivity index (χ2v) is 13.5. The Labute approximate surface area is 280 Å². The van der Waals surface area contributed by atoms with Crippen LogP contribution in [0, 0.1) is 11.8 Å². The second-order valence-electron chi connectivity index (χ2n) is 12.1. The summed E-state index contributed by atoms with van der Waals surface area (Å²) in [5, 5.41) is 13.5. The van der Waals surface area contributed by atoms with Crippen molar-refractivity contribution in [1.82, 2.24) is 10.2 Å². The fraction of sp³-hybridized carbons (Fsp3) is 0.412. The van der Waals surface area contributed by atoms with Gasteiger partial charge < -0.3 is 29.7 Å². The van der Waals surface area contributed by atoms with E-state index in [2.05, 4.69) is 21.2 Å². The maximum atomic E-state index is 14.8. The minimum atomic E-state index is -1.52. The number of rotatable bonds is 4. The number of anilines is 1. The van der Waals surface area contributed by atoms with Crippen molar-refractivity contribution in [3.8, 4) is 0 Å². The van der Waals surface area contributed by atoms with Crippen molar-refractivity contribution in [3.05, 3.63) is 87.9 Å². The summed E-state index contributed by atoms with van der Waals surface area (Å²) in [5.41, 5.74) is -0.430. The Morgan fingerprint density at radius 1 is 1.04 bits per heavy atom. The highest BCUT2D eigenvalue weighted by atomic mass is 79.9. The predicted octanol–water partition coefficient (Wildman–Crippen LogP) is 4.07. The molecule has 0 aromatic heterocycles. The summed E-state index contributed by atoms with van der Waals surface area (Å²) in [4.78, 5) is 59.3. The van der Waals surface area contributed by atoms with Crippen molar-refractivity contribution in [3.63, 3.8) is 0 Å². The molecule has 4 aliphatic heterocycles. The van der Waals surface area contributed by atoms with Gasteiger partial charge in [0.05, 0.1) is 35.3 Å². The molecule has 242 valence electrons. The van der Waals surface area contributed by atoms with Gasteiger partial charge in [-0.3, -0.25) is 19.2 Å². The summed E-state index contributed by atoms with van der Waals surface area (Å²) < 4.78 is 13.2. The first-order valence-electron chi connectivity index (χ1n) is 15.3. The quantitative estimate of drug-likeness (QED) is 0.362. The lowest BCUT2D eigenvalue weighted by molar-refractivity contribution is -0.161. The molecule has 2 fully saturated rings. The van der Waals surface area contributed by atoms with Gasteiger partial charge in [-0.2, -0.15) is 0 Å². The summed E-state index contributed by atoms with van der Waals surface area (Å²) in [7, 11) is 0. The third-order valence-electron chi connectivity index (χ3n) is 9.22. The molecule has 46 heavy (non-hydrogen) atoms. The zero-order valence-electron chi connectivity index (χ0n) is 25.3. The van der Waals surface area contributed by atoms with Gasteiger partial charge in [-0.1, -0.05) is 82.1 Å². The monoisotopic (exact) mass is 711 g/mol. The van der Waals surface area contributed by atoms with Crippen LogP contribution >= 0.6 is 27.5 Å². The minimum Gasteiger partial charge on any atom is -0.455 e. The first-order chi connectivity index (χ1) is 22.1. The van der Waals surface area contributed by atoms with E-state index in [1.165, 1.54) is 9.80 Å². The van der Waals surface area contributed by atoms with Crippen LogP contribution in [-0.4, -0.2) is 76.7 Å². The van der Waals surface area contributed by atoms with E-state index in [0.29, 0.717) is 27.2 Å². The minimum absolute atomic E-state index is 0.0865. The molecule has 0 radical (unpaired) electrons. The van der Waals surface area contributed by atoms with Crippen molar-refractivity contribution in [2.75, 3.05) is 18.1 Å². The summed E-state index contributed by atoms with van der Waals surface area (Å²) in [6.07, 6.45) is 4.13. The molecule has 4 aliphatic rings. The number of aliphatic hydroxyl groups excluding tert-OH is 1. The number of para-hydroxylation sites is 1. The Morgan fingerprint density at radius 2 is 1.76 bits per heavy atom. The maximum absolute atomic E-state index is 14.8. The summed E-state index contributed by atoms with van der Waals surface area (Å²) >= 11 is 10.2. The smallest absolute Gasteiger partial charge is 0.313 e. The van der Waals surface area contributed by atoms with Crippen LogP contribution in [0.15, 0.2) is 77.3 Å². The number of hydrogen-bond acceptors (Lipinski definition) is 7. The molecule has 2 N–H and O–H groups in total. The number of hydrogen-bond donors (Lipinski definition) is 2. The summed E-state index contributed by atoms with van der Waals surface area (Å²) in [6, 6.07) is 13.4. The van der Waals surface area contributed by atoms with E-state index in [0.717, 1.165) is 0 Å². The van der Waals surface area contributed by atoms with E-state index in [9.17, 15) is 24.3 Å². The van der Waals surface area contributed by atoms with Gasteiger partial charge in [0.25, 0.3) is 5.91 Å². The molecule has 6 rings (SSSR count). The van der Waals surface area contributed by atoms with E-state index in [1.807, 2.05) is 36.4 Å². The molecule has 0 aliphatic carbocycles. The number of likely N-dealkylation sites (tertiary alicyclic amines) is 1. The molecular formula is C34H35BrClN3O7. The number of benzene rings is 2. The molecule has 10 nitrogen and oxygen atoms in total. The largest absolute Gasteiger partial charge is 0.455 e. The normalized spacial score (nSPS) is 32.9. The highest BCUT2D eigenvalue weighted by Gasteiger charge is 2.75. The van der Waals surface area contributed by atoms with Crippen LogP contribution in [0.2, 0.25) is 5.02 Å². The van der Waals surface area contributed by atoms with Gasteiger partial charge in [0.2, 0.25) is 11.8 Å². The number of nitrogens with one attached hydrogen (secondary N) is 1. The standard InChI is InChI=1S/C34H35BrClN3O7/c1-19(18-40)39-30-32(43)38(24-14-9-8-13-23(24)36)16-10-4-7-15-25(41)37-20(2)28(21-11-5-3-6-12-21)45-33(44)26-27(31(39)42)34(30)17-22(35)29(26)46-34/h3-6,8-14,17,19-20,26-30,40H,7,15-16,18H2,1-2H3,(H,37,41)/b10-4-/t19-,20+,26-,27+,28-,29-,30-,34+/m1/s1. The zero-order valence-corrected chi connectivity index (χ0v) is 27.7. The molecule has 2 aromatic rings. The van der Waals surface area contributed by atoms with Crippen molar-refractivity contribution in [1.29, 1.82) is 0 Å². The number of carbonyl (C=O) groups is 4. The van der Waals surface area contributed by atoms with E-state index in [1.54, 1.807) is 50.3 Å². The lowest BCUT2D eigenvalue weighted by Gasteiger charge is -2.38. The van der Waals surface area contributed by atoms with Crippen LogP contribution in [0.1, 0.15) is 38.4 Å². The third kappa shape index (κ3) is 5.46. The van der Waals surface area contributed by atoms with Crippen molar-refractivity contribution < 1.29 is 33.8 Å². The molecule has 2 saturated heterocycles. The molecule has 0 unspecified atom stereocenters. The number of carbonyl (C=O) groups excluding carboxylic acids is 4. The van der Waals surface area contributed by atoms with Crippen LogP contribution in [0.25, 0.3) is 0 Å². The first kappa shape index (κ1) is 32.4. The van der Waals surface area contributed by atoms with Gasteiger partial charge in [0.1, 0.15) is 29.8 Å². The molecule has 1 spiro atoms. The van der Waals surface area contributed by atoms with Gasteiger partial charge in [-0.05, 0) is 44.0 Å². The number of ether oxygens (including phenoxy) is 2. The van der Waals surface area contributed by atoms with E-state index in [4.69, 9.17) is 21.1 Å². The Bertz CT molecular complexity index is 1600. The number of cyclic esters (lactones) is 1. The average Bonchev–Trinajstić information content (AvgIpc) is 3.64. The van der Waals surface area contributed by atoms with Crippen molar-refractivity contribution in [2.24, 2.45) is 11.8 Å². The number of amides is 3. The predicted molar refractivity (Wildman–Crippen MR) is 174 cm³/mol. The SMILES string of the molecule is C[C@@H]1NC(=O)CC/C=C\CN(c2ccccc2Cl)C(=O)[C@H]2N([C@H](C)CO)C(=O)[C@@H]3[C@@H](C(=O)O[C@H]1c1ccccc1)[C@@H]1O[C@@]32C=C1Br. The number of nitrogens with zero attached hydrogens (tertiary/aromatic N) is 2.